The Morgan fingerprint density at radius 3 is 1.37 bits per heavy atom. The summed E-state index contributed by atoms with van der Waals surface area (Å²) in [6, 6.07) is 36.7. The van der Waals surface area contributed by atoms with Crippen LogP contribution in [0.2, 0.25) is 0 Å². The highest BCUT2D eigenvalue weighted by atomic mass is 16.6. The molecule has 2 fully saturated rings. The first-order chi connectivity index (χ1) is 25.2. The second-order valence-corrected chi connectivity index (χ2v) is 13.0. The normalized spacial score (nSPS) is 23.2. The number of hydrogen-bond acceptors (Lipinski definition) is 8. The lowest BCUT2D eigenvalue weighted by Gasteiger charge is -2.39. The molecule has 0 radical (unpaired) electrons. The summed E-state index contributed by atoms with van der Waals surface area (Å²) >= 11 is 0. The van der Waals surface area contributed by atoms with Gasteiger partial charge in [-0.15, -0.1) is 0 Å². The van der Waals surface area contributed by atoms with Gasteiger partial charge >= 0.3 is 0 Å². The number of allylic oxidation sites excluding steroid dienone is 2. The number of anilines is 1. The number of nitrogens with zero attached hydrogens (tertiary/aromatic N) is 2. The number of amides is 2. The number of hydrogen-bond donors (Lipinski definition) is 0. The molecular formula is C42H32N2O8. The van der Waals surface area contributed by atoms with E-state index in [2.05, 4.69) is 0 Å². The lowest BCUT2D eigenvalue weighted by Crippen LogP contribution is -2.45. The quantitative estimate of drug-likeness (QED) is 0.0938. The fourth-order valence-corrected chi connectivity index (χ4v) is 8.84. The molecular weight excluding hydrogens is 660 g/mol. The van der Waals surface area contributed by atoms with Gasteiger partial charge in [-0.1, -0.05) is 84.9 Å². The molecule has 8 rings (SSSR count). The van der Waals surface area contributed by atoms with Crippen LogP contribution in [0, 0.1) is 22.0 Å². The van der Waals surface area contributed by atoms with E-state index in [1.54, 1.807) is 62.8 Å². The Balaban J connectivity index is 1.53. The summed E-state index contributed by atoms with van der Waals surface area (Å²) in [7, 11) is 4.50. The molecule has 0 unspecified atom stereocenters. The van der Waals surface area contributed by atoms with Crippen molar-refractivity contribution < 1.29 is 33.5 Å². The molecule has 1 heterocycles. The van der Waals surface area contributed by atoms with Crippen molar-refractivity contribution in [2.24, 2.45) is 11.8 Å². The van der Waals surface area contributed by atoms with Crippen molar-refractivity contribution in [2.45, 2.75) is 10.8 Å². The molecule has 52 heavy (non-hydrogen) atoms. The van der Waals surface area contributed by atoms with Gasteiger partial charge < -0.3 is 14.2 Å². The molecule has 10 nitrogen and oxygen atoms in total. The third-order valence-electron chi connectivity index (χ3n) is 10.8. The molecule has 0 N–H and O–H groups in total. The number of ether oxygens (including phenoxy) is 3. The van der Waals surface area contributed by atoms with Crippen molar-refractivity contribution in [3.63, 3.8) is 0 Å². The van der Waals surface area contributed by atoms with E-state index in [0.717, 1.165) is 4.90 Å². The van der Waals surface area contributed by atoms with Crippen LogP contribution in [-0.2, 0) is 25.2 Å². The van der Waals surface area contributed by atoms with E-state index in [0.29, 0.717) is 44.9 Å². The number of nitro groups is 1. The largest absolute Gasteiger partial charge is 0.497 e. The zero-order chi connectivity index (χ0) is 36.4. The fourth-order valence-electron chi connectivity index (χ4n) is 8.84. The van der Waals surface area contributed by atoms with Crippen molar-refractivity contribution in [3.8, 4) is 17.2 Å². The molecule has 1 aliphatic heterocycles. The van der Waals surface area contributed by atoms with Gasteiger partial charge in [-0.05, 0) is 69.8 Å². The van der Waals surface area contributed by atoms with Gasteiger partial charge in [-0.3, -0.25) is 24.5 Å². The van der Waals surface area contributed by atoms with E-state index in [4.69, 9.17) is 14.2 Å². The van der Waals surface area contributed by atoms with Crippen LogP contribution < -0.4 is 19.1 Å². The Morgan fingerprint density at radius 2 is 0.981 bits per heavy atom. The molecule has 0 aromatic heterocycles. The van der Waals surface area contributed by atoms with E-state index < -0.39 is 45.1 Å². The number of ketones is 1. The van der Waals surface area contributed by atoms with Crippen LogP contribution >= 0.6 is 0 Å². The van der Waals surface area contributed by atoms with Crippen LogP contribution in [0.5, 0.6) is 17.2 Å². The molecule has 1 saturated carbocycles. The maximum Gasteiger partial charge on any atom is 0.297 e. The minimum Gasteiger partial charge on any atom is -0.497 e. The van der Waals surface area contributed by atoms with Gasteiger partial charge in [0, 0.05) is 0 Å². The zero-order valence-electron chi connectivity index (χ0n) is 28.4. The highest BCUT2D eigenvalue weighted by Crippen LogP contribution is 2.74. The Bertz CT molecular complexity index is 2180. The van der Waals surface area contributed by atoms with Gasteiger partial charge in [0.1, 0.15) is 22.9 Å². The molecule has 258 valence electrons. The SMILES string of the molecule is COc1ccc(C2=C(c3ccc(OC)cc3)[C@@]3(c4ccccc4)C(=O)[C@]2(c2ccccc2)[C@@H]2C(=O)N(c4ccc(OC)cc4[N+](=O)[O-])C(=O)[C@@H]23)cc1. The van der Waals surface area contributed by atoms with Crippen LogP contribution in [0.15, 0.2) is 127 Å². The molecule has 5 aromatic rings. The summed E-state index contributed by atoms with van der Waals surface area (Å²) in [6.45, 7) is 0. The van der Waals surface area contributed by atoms with Crippen LogP contribution in [0.3, 0.4) is 0 Å². The second-order valence-electron chi connectivity index (χ2n) is 13.0. The summed E-state index contributed by atoms with van der Waals surface area (Å²) in [5.74, 6) is -2.83. The van der Waals surface area contributed by atoms with Gasteiger partial charge in [0.05, 0.1) is 55.0 Å². The fraction of sp³-hybridized carbons (Fsp3) is 0.167. The van der Waals surface area contributed by atoms with E-state index in [-0.39, 0.29) is 17.2 Å². The van der Waals surface area contributed by atoms with Gasteiger partial charge in [0.2, 0.25) is 11.8 Å². The molecule has 2 aliphatic carbocycles. The minimum absolute atomic E-state index is 0.189. The zero-order valence-corrected chi connectivity index (χ0v) is 28.4. The smallest absolute Gasteiger partial charge is 0.297 e. The predicted octanol–water partition coefficient (Wildman–Crippen LogP) is 6.81. The van der Waals surface area contributed by atoms with Crippen LogP contribution in [-0.4, -0.2) is 43.9 Å². The number of methoxy groups -OCH3 is 3. The number of carbonyl (C=O) groups excluding carboxylic acids is 3. The molecule has 2 bridgehead atoms. The molecule has 10 heteroatoms. The summed E-state index contributed by atoms with van der Waals surface area (Å²) in [4.78, 5) is 59.3. The van der Waals surface area contributed by atoms with Gasteiger partial charge in [0.25, 0.3) is 5.69 Å². The van der Waals surface area contributed by atoms with Crippen molar-refractivity contribution in [1.82, 2.24) is 0 Å². The predicted molar refractivity (Wildman–Crippen MR) is 193 cm³/mol. The summed E-state index contributed by atoms with van der Waals surface area (Å²) in [6.07, 6.45) is 0. The Kier molecular flexibility index (Phi) is 7.56. The van der Waals surface area contributed by atoms with Crippen molar-refractivity contribution >= 4 is 40.1 Å². The van der Waals surface area contributed by atoms with E-state index in [9.17, 15) is 10.1 Å². The third kappa shape index (κ3) is 4.21. The monoisotopic (exact) mass is 692 g/mol. The first-order valence-electron chi connectivity index (χ1n) is 16.6. The number of rotatable bonds is 9. The molecule has 5 aromatic carbocycles. The average molecular weight is 693 g/mol. The third-order valence-corrected chi connectivity index (χ3v) is 10.8. The van der Waals surface area contributed by atoms with Gasteiger partial charge in [-0.25, -0.2) is 4.90 Å². The molecule has 4 atom stereocenters. The first-order valence-corrected chi connectivity index (χ1v) is 16.6. The number of imide groups is 1. The molecule has 0 spiro atoms. The number of nitro benzene ring substituents is 1. The van der Waals surface area contributed by atoms with Crippen LogP contribution in [0.25, 0.3) is 11.1 Å². The second kappa shape index (κ2) is 12.1. The summed E-state index contributed by atoms with van der Waals surface area (Å²) in [5, 5.41) is 12.5. The van der Waals surface area contributed by atoms with E-state index >= 15 is 14.4 Å². The Labute approximate surface area is 299 Å². The van der Waals surface area contributed by atoms with Crippen LogP contribution in [0.4, 0.5) is 11.4 Å². The van der Waals surface area contributed by atoms with Crippen LogP contribution in [0.1, 0.15) is 22.3 Å². The van der Waals surface area contributed by atoms with E-state index in [1.165, 1.54) is 25.3 Å². The van der Waals surface area contributed by atoms with Gasteiger partial charge in [0.15, 0.2) is 5.78 Å². The van der Waals surface area contributed by atoms with Crippen molar-refractivity contribution in [2.75, 3.05) is 26.2 Å². The highest BCUT2D eigenvalue weighted by Gasteiger charge is 2.83. The highest BCUT2D eigenvalue weighted by molar-refractivity contribution is 6.39. The first kappa shape index (κ1) is 32.6. The molecule has 3 aliphatic rings. The number of fused-ring (bicyclic) bond motifs is 5. The van der Waals surface area contributed by atoms with Crippen molar-refractivity contribution in [3.05, 3.63) is 160 Å². The summed E-state index contributed by atoms with van der Waals surface area (Å²) < 4.78 is 16.2. The topological polar surface area (TPSA) is 125 Å². The number of carbonyl (C=O) groups is 3. The van der Waals surface area contributed by atoms with E-state index in [1.807, 2.05) is 60.7 Å². The van der Waals surface area contributed by atoms with Crippen molar-refractivity contribution in [1.29, 1.82) is 0 Å². The lowest BCUT2D eigenvalue weighted by molar-refractivity contribution is -0.384. The number of Topliss-reactive ketones (excluding diaryl/α,β-unsaturated/α-hetero) is 1. The summed E-state index contributed by atoms with van der Waals surface area (Å²) in [5.41, 5.74) is -0.482. The average Bonchev–Trinajstić information content (AvgIpc) is 3.70. The Hall–Kier alpha value is -6.55. The lowest BCUT2D eigenvalue weighted by atomic mass is 9.59. The van der Waals surface area contributed by atoms with Gasteiger partial charge in [-0.2, -0.15) is 0 Å². The number of benzene rings is 5. The Morgan fingerprint density at radius 1 is 0.577 bits per heavy atom. The maximum atomic E-state index is 16.1. The maximum absolute atomic E-state index is 16.1. The molecule has 1 saturated heterocycles. The molecule has 2 amide bonds. The standard InChI is InChI=1S/C42H32N2O8/c1-50-29-18-14-25(15-19-29)34-35(26-16-20-30(51-2)21-17-26)42(28-12-8-5-9-13-28)37-36(41(34,40(42)47)27-10-6-4-7-11-27)38(45)43(39(37)46)32-23-22-31(52-3)24-33(32)44(48)49/h4-24,36-37H,1-3H3/t36-,37+,41-,42+. The minimum atomic E-state index is -1.69.